The van der Waals surface area contributed by atoms with Gasteiger partial charge in [0.1, 0.15) is 17.3 Å². The molecule has 18 heavy (non-hydrogen) atoms. The summed E-state index contributed by atoms with van der Waals surface area (Å²) < 4.78 is 10.5. The molecule has 0 saturated heterocycles. The summed E-state index contributed by atoms with van der Waals surface area (Å²) in [5, 5.41) is 3.82. The second-order valence-electron chi connectivity index (χ2n) is 4.10. The fraction of sp³-hybridized carbons (Fsp3) is 0.462. The van der Waals surface area contributed by atoms with Gasteiger partial charge in [0.2, 0.25) is 0 Å². The van der Waals surface area contributed by atoms with Crippen LogP contribution >= 0.6 is 11.6 Å². The molecule has 1 aromatic carbocycles. The summed E-state index contributed by atoms with van der Waals surface area (Å²) in [6.45, 7) is 0.884. The molecule has 5 heteroatoms. The molecule has 1 aliphatic rings. The Kier molecular flexibility index (Phi) is 4.31. The van der Waals surface area contributed by atoms with Crippen molar-refractivity contribution in [2.75, 3.05) is 26.1 Å². The topological polar surface area (TPSA) is 42.8 Å². The molecule has 0 atom stereocenters. The van der Waals surface area contributed by atoms with Gasteiger partial charge in [-0.1, -0.05) is 11.6 Å². The van der Waals surface area contributed by atoms with Crippen molar-refractivity contribution >= 4 is 23.1 Å². The van der Waals surface area contributed by atoms with Gasteiger partial charge in [0.25, 0.3) is 0 Å². The summed E-state index contributed by atoms with van der Waals surface area (Å²) in [5.74, 6) is 2.30. The summed E-state index contributed by atoms with van der Waals surface area (Å²) in [6.07, 6.45) is 3.29. The molecule has 0 amide bonds. The SMILES string of the molecule is COc1cc(NC2=NCCCC2)c(OC)cc1Cl. The molecule has 4 nitrogen and oxygen atoms in total. The number of ether oxygens (including phenoxy) is 2. The number of hydrogen-bond donors (Lipinski definition) is 1. The number of amidine groups is 1. The van der Waals surface area contributed by atoms with Gasteiger partial charge in [0.15, 0.2) is 0 Å². The molecule has 2 rings (SSSR count). The summed E-state index contributed by atoms with van der Waals surface area (Å²) in [5.41, 5.74) is 0.833. The van der Waals surface area contributed by atoms with Crippen LogP contribution in [0.15, 0.2) is 17.1 Å². The van der Waals surface area contributed by atoms with Gasteiger partial charge in [-0.15, -0.1) is 0 Å². The lowest BCUT2D eigenvalue weighted by Crippen LogP contribution is -2.16. The predicted octanol–water partition coefficient (Wildman–Crippen LogP) is 3.35. The smallest absolute Gasteiger partial charge is 0.144 e. The second-order valence-corrected chi connectivity index (χ2v) is 4.50. The number of rotatable bonds is 3. The molecule has 1 aromatic rings. The highest BCUT2D eigenvalue weighted by molar-refractivity contribution is 6.32. The first kappa shape index (κ1) is 13.0. The van der Waals surface area contributed by atoms with Crippen molar-refractivity contribution < 1.29 is 9.47 Å². The summed E-state index contributed by atoms with van der Waals surface area (Å²) in [4.78, 5) is 4.45. The van der Waals surface area contributed by atoms with Crippen LogP contribution in [0.2, 0.25) is 5.02 Å². The van der Waals surface area contributed by atoms with Crippen molar-refractivity contribution in [2.24, 2.45) is 4.99 Å². The Morgan fingerprint density at radius 1 is 1.17 bits per heavy atom. The highest BCUT2D eigenvalue weighted by Crippen LogP contribution is 2.36. The second kappa shape index (κ2) is 5.96. The lowest BCUT2D eigenvalue weighted by molar-refractivity contribution is 0.405. The maximum absolute atomic E-state index is 6.06. The minimum Gasteiger partial charge on any atom is -0.495 e. The third-order valence-corrected chi connectivity index (χ3v) is 3.17. The lowest BCUT2D eigenvalue weighted by Gasteiger charge is -2.17. The van der Waals surface area contributed by atoms with E-state index in [4.69, 9.17) is 21.1 Å². The van der Waals surface area contributed by atoms with Crippen molar-refractivity contribution in [3.05, 3.63) is 17.2 Å². The monoisotopic (exact) mass is 268 g/mol. The number of nitrogens with one attached hydrogen (secondary N) is 1. The third-order valence-electron chi connectivity index (χ3n) is 2.88. The molecular weight excluding hydrogens is 252 g/mol. The maximum Gasteiger partial charge on any atom is 0.144 e. The molecule has 0 radical (unpaired) electrons. The number of methoxy groups -OCH3 is 2. The van der Waals surface area contributed by atoms with E-state index in [0.717, 1.165) is 30.9 Å². The van der Waals surface area contributed by atoms with Gasteiger partial charge in [-0.25, -0.2) is 0 Å². The fourth-order valence-electron chi connectivity index (χ4n) is 1.91. The molecular formula is C13H17ClN2O2. The van der Waals surface area contributed by atoms with Gasteiger partial charge in [-0.3, -0.25) is 4.99 Å². The van der Waals surface area contributed by atoms with E-state index in [9.17, 15) is 0 Å². The molecule has 0 unspecified atom stereocenters. The van der Waals surface area contributed by atoms with E-state index >= 15 is 0 Å². The average molecular weight is 269 g/mol. The van der Waals surface area contributed by atoms with Gasteiger partial charge in [0.05, 0.1) is 24.9 Å². The standard InChI is InChI=1S/C13H17ClN2O2/c1-17-11-8-10(12(18-2)7-9(11)14)16-13-5-3-4-6-15-13/h7-8H,3-6H2,1-2H3,(H,15,16). The molecule has 0 aromatic heterocycles. The van der Waals surface area contributed by atoms with Crippen LogP contribution in [0.3, 0.4) is 0 Å². The maximum atomic E-state index is 6.06. The molecule has 0 fully saturated rings. The van der Waals surface area contributed by atoms with E-state index in [2.05, 4.69) is 10.3 Å². The summed E-state index contributed by atoms with van der Waals surface area (Å²) >= 11 is 6.06. The van der Waals surface area contributed by atoms with E-state index < -0.39 is 0 Å². The van der Waals surface area contributed by atoms with Crippen molar-refractivity contribution in [3.8, 4) is 11.5 Å². The zero-order chi connectivity index (χ0) is 13.0. The molecule has 98 valence electrons. The molecule has 0 saturated carbocycles. The van der Waals surface area contributed by atoms with Crippen molar-refractivity contribution in [3.63, 3.8) is 0 Å². The zero-order valence-electron chi connectivity index (χ0n) is 10.6. The van der Waals surface area contributed by atoms with Gasteiger partial charge in [0, 0.05) is 25.1 Å². The highest BCUT2D eigenvalue weighted by atomic mass is 35.5. The summed E-state index contributed by atoms with van der Waals surface area (Å²) in [7, 11) is 3.21. The first-order chi connectivity index (χ1) is 8.74. The number of benzene rings is 1. The Morgan fingerprint density at radius 2 is 1.94 bits per heavy atom. The molecule has 1 N–H and O–H groups in total. The van der Waals surface area contributed by atoms with Crippen LogP contribution in [0.1, 0.15) is 19.3 Å². The van der Waals surface area contributed by atoms with Crippen LogP contribution in [-0.2, 0) is 0 Å². The molecule has 1 aliphatic heterocycles. The molecule has 1 heterocycles. The Balaban J connectivity index is 2.27. The minimum absolute atomic E-state index is 0.533. The van der Waals surface area contributed by atoms with Gasteiger partial charge in [-0.2, -0.15) is 0 Å². The van der Waals surface area contributed by atoms with E-state index in [1.807, 2.05) is 6.07 Å². The Morgan fingerprint density at radius 3 is 2.56 bits per heavy atom. The first-order valence-corrected chi connectivity index (χ1v) is 6.34. The quantitative estimate of drug-likeness (QED) is 0.914. The van der Waals surface area contributed by atoms with Crippen LogP contribution in [-0.4, -0.2) is 26.6 Å². The van der Waals surface area contributed by atoms with Gasteiger partial charge >= 0.3 is 0 Å². The lowest BCUT2D eigenvalue weighted by atomic mass is 10.1. The van der Waals surface area contributed by atoms with Crippen LogP contribution in [0.25, 0.3) is 0 Å². The van der Waals surface area contributed by atoms with Crippen LogP contribution in [0.5, 0.6) is 11.5 Å². The number of anilines is 1. The van der Waals surface area contributed by atoms with Crippen molar-refractivity contribution in [1.29, 1.82) is 0 Å². The number of hydrogen-bond acceptors (Lipinski definition) is 4. The molecule has 0 bridgehead atoms. The average Bonchev–Trinajstić information content (AvgIpc) is 2.41. The fourth-order valence-corrected chi connectivity index (χ4v) is 2.14. The Bertz CT molecular complexity index is 461. The minimum atomic E-state index is 0.533. The van der Waals surface area contributed by atoms with E-state index in [-0.39, 0.29) is 0 Å². The van der Waals surface area contributed by atoms with Crippen LogP contribution in [0, 0.1) is 0 Å². The Labute approximate surface area is 112 Å². The number of halogens is 1. The molecule has 0 spiro atoms. The number of aliphatic imine (C=N–C) groups is 1. The van der Waals surface area contributed by atoms with Gasteiger partial charge in [-0.05, 0) is 12.8 Å². The van der Waals surface area contributed by atoms with Crippen molar-refractivity contribution in [1.82, 2.24) is 0 Å². The first-order valence-electron chi connectivity index (χ1n) is 5.96. The van der Waals surface area contributed by atoms with Crippen LogP contribution in [0.4, 0.5) is 5.69 Å². The van der Waals surface area contributed by atoms with Crippen LogP contribution < -0.4 is 14.8 Å². The summed E-state index contributed by atoms with van der Waals surface area (Å²) in [6, 6.07) is 3.57. The van der Waals surface area contributed by atoms with E-state index in [1.54, 1.807) is 20.3 Å². The van der Waals surface area contributed by atoms with Crippen molar-refractivity contribution in [2.45, 2.75) is 19.3 Å². The number of nitrogens with zero attached hydrogens (tertiary/aromatic N) is 1. The Hall–Kier alpha value is -1.42. The van der Waals surface area contributed by atoms with E-state index in [1.165, 1.54) is 6.42 Å². The highest BCUT2D eigenvalue weighted by Gasteiger charge is 2.12. The third kappa shape index (κ3) is 2.88. The van der Waals surface area contributed by atoms with E-state index in [0.29, 0.717) is 16.5 Å². The molecule has 0 aliphatic carbocycles. The normalized spacial score (nSPS) is 14.9. The zero-order valence-corrected chi connectivity index (χ0v) is 11.4. The largest absolute Gasteiger partial charge is 0.495 e. The van der Waals surface area contributed by atoms with Gasteiger partial charge < -0.3 is 14.8 Å². The predicted molar refractivity (Wildman–Crippen MR) is 74.3 cm³/mol.